The number of fused-ring (bicyclic) bond motifs is 1. The zero-order valence-electron chi connectivity index (χ0n) is 32.3. The van der Waals surface area contributed by atoms with E-state index in [1.54, 1.807) is 73.0 Å². The minimum absolute atomic E-state index is 0. The first-order valence-corrected chi connectivity index (χ1v) is 19.7. The van der Waals surface area contributed by atoms with Crippen molar-refractivity contribution in [1.82, 2.24) is 25.2 Å². The predicted octanol–water partition coefficient (Wildman–Crippen LogP) is 5.04. The number of nitrogens with one attached hydrogen (secondary N) is 3. The summed E-state index contributed by atoms with van der Waals surface area (Å²) in [6.07, 6.45) is 3.92. The molecule has 15 nitrogen and oxygen atoms in total. The Balaban J connectivity index is 0.00000374. The van der Waals surface area contributed by atoms with Crippen LogP contribution in [-0.4, -0.2) is 90.7 Å². The van der Waals surface area contributed by atoms with E-state index in [2.05, 4.69) is 22.2 Å². The summed E-state index contributed by atoms with van der Waals surface area (Å²) < 4.78 is 50.6. The minimum Gasteiger partial charge on any atom is -0.497 e. The molecule has 5 atom stereocenters. The highest BCUT2D eigenvalue weighted by Gasteiger charge is 2.62. The van der Waals surface area contributed by atoms with Gasteiger partial charge in [0.2, 0.25) is 17.7 Å². The number of ether oxygens (including phenoxy) is 3. The van der Waals surface area contributed by atoms with Crippen molar-refractivity contribution in [3.8, 4) is 11.6 Å². The summed E-state index contributed by atoms with van der Waals surface area (Å²) in [5.74, 6) is -1.93. The molecule has 2 heterocycles. The Kier molecular flexibility index (Phi) is 11.3. The summed E-state index contributed by atoms with van der Waals surface area (Å²) in [6.45, 7) is 16.0. The van der Waals surface area contributed by atoms with Crippen molar-refractivity contribution < 1.29 is 50.3 Å². The van der Waals surface area contributed by atoms with Gasteiger partial charge in [0.05, 0.1) is 19.3 Å². The van der Waals surface area contributed by atoms with Gasteiger partial charge in [-0.1, -0.05) is 40.2 Å². The number of rotatable bonds is 14. The Hall–Kier alpha value is -4.44. The van der Waals surface area contributed by atoms with Gasteiger partial charge in [0, 0.05) is 28.2 Å². The fraction of sp³-hybridized carbons (Fsp3) is 0.605. The van der Waals surface area contributed by atoms with Crippen LogP contribution < -0.4 is 24.8 Å². The van der Waals surface area contributed by atoms with Crippen LogP contribution >= 0.6 is 0 Å². The lowest BCUT2D eigenvalue weighted by Crippen LogP contribution is -2.60. The second kappa shape index (κ2) is 15.0. The fourth-order valence-electron chi connectivity index (χ4n) is 6.89. The van der Waals surface area contributed by atoms with Crippen LogP contribution in [0.2, 0.25) is 0 Å². The number of methoxy groups -OCH3 is 1. The largest absolute Gasteiger partial charge is 0.497 e. The average Bonchev–Trinajstić information content (AvgIpc) is 3.95. The summed E-state index contributed by atoms with van der Waals surface area (Å²) in [4.78, 5) is 61.2. The van der Waals surface area contributed by atoms with Crippen LogP contribution in [0.15, 0.2) is 43.1 Å². The van der Waals surface area contributed by atoms with Crippen molar-refractivity contribution in [2.75, 3.05) is 13.7 Å². The van der Waals surface area contributed by atoms with Gasteiger partial charge in [-0.3, -0.25) is 14.4 Å². The van der Waals surface area contributed by atoms with Crippen molar-refractivity contribution in [3.63, 3.8) is 0 Å². The molecule has 3 N–H and O–H groups in total. The molecule has 2 saturated carbocycles. The number of carbonyl (C=O) groups is 4. The van der Waals surface area contributed by atoms with Gasteiger partial charge in [-0.05, 0) is 81.5 Å². The van der Waals surface area contributed by atoms with Crippen molar-refractivity contribution in [2.45, 2.75) is 122 Å². The molecule has 0 spiro atoms. The third-order valence-corrected chi connectivity index (χ3v) is 10.9. The molecule has 2 aromatic rings. The smallest absolute Gasteiger partial charge is 0.408 e. The van der Waals surface area contributed by atoms with Crippen molar-refractivity contribution in [3.05, 3.63) is 43.1 Å². The number of hydrogen-bond donors (Lipinski definition) is 3. The normalized spacial score (nSPS) is 23.9. The first kappa shape index (κ1) is 40.7. The lowest BCUT2D eigenvalue weighted by atomic mass is 9.85. The zero-order chi connectivity index (χ0) is 39.9. The molecule has 1 aromatic heterocycles. The van der Waals surface area contributed by atoms with Crippen LogP contribution in [0, 0.1) is 11.3 Å². The summed E-state index contributed by atoms with van der Waals surface area (Å²) in [5, 5.41) is 6.94. The van der Waals surface area contributed by atoms with E-state index in [-0.39, 0.29) is 29.5 Å². The van der Waals surface area contributed by atoms with Crippen LogP contribution in [0.5, 0.6) is 11.6 Å². The fourth-order valence-corrected chi connectivity index (χ4v) is 8.05. The maximum absolute atomic E-state index is 14.5. The Morgan fingerprint density at radius 3 is 2.41 bits per heavy atom. The number of hydrogen-bond acceptors (Lipinski definition) is 11. The number of alkyl carbamates (subject to hydrolysis) is 1. The molecule has 0 unspecified atom stereocenters. The highest BCUT2D eigenvalue weighted by atomic mass is 32.2. The Morgan fingerprint density at radius 1 is 1.13 bits per heavy atom. The molecular weight excluding hydrogens is 719 g/mol. The van der Waals surface area contributed by atoms with Crippen molar-refractivity contribution in [2.24, 2.45) is 11.3 Å². The van der Waals surface area contributed by atoms with Crippen LogP contribution in [0.3, 0.4) is 0 Å². The second-order valence-corrected chi connectivity index (χ2v) is 17.8. The van der Waals surface area contributed by atoms with Gasteiger partial charge in [-0.2, -0.15) is 8.42 Å². The van der Waals surface area contributed by atoms with Crippen molar-refractivity contribution >= 4 is 44.9 Å². The molecular formula is C38H59N5O10S. The van der Waals surface area contributed by atoms with E-state index in [0.29, 0.717) is 36.8 Å². The highest BCUT2D eigenvalue weighted by Crippen LogP contribution is 2.47. The molecule has 54 heavy (non-hydrogen) atoms. The summed E-state index contributed by atoms with van der Waals surface area (Å²) in [6, 6.07) is 4.88. The van der Waals surface area contributed by atoms with Gasteiger partial charge in [0.25, 0.3) is 5.91 Å². The Labute approximate surface area is 321 Å². The lowest BCUT2D eigenvalue weighted by Gasteiger charge is -2.36. The van der Waals surface area contributed by atoms with Gasteiger partial charge in [0.1, 0.15) is 35.1 Å². The number of aromatic nitrogens is 1. The Bertz CT molecular complexity index is 1920. The number of benzene rings is 1. The van der Waals surface area contributed by atoms with E-state index in [1.165, 1.54) is 11.0 Å². The maximum Gasteiger partial charge on any atom is 0.408 e. The van der Waals surface area contributed by atoms with Gasteiger partial charge in [0.15, 0.2) is 0 Å². The summed E-state index contributed by atoms with van der Waals surface area (Å²) >= 11 is 0. The van der Waals surface area contributed by atoms with Gasteiger partial charge in [-0.15, -0.1) is 6.58 Å². The monoisotopic (exact) mass is 777 g/mol. The molecule has 5 rings (SSSR count). The topological polar surface area (TPSA) is 192 Å². The lowest BCUT2D eigenvalue weighted by molar-refractivity contribution is -0.143. The molecule has 1 aromatic carbocycles. The number of pyridine rings is 1. The third kappa shape index (κ3) is 9.25. The van der Waals surface area contributed by atoms with Crippen LogP contribution in [-0.2, 0) is 33.6 Å². The number of carbonyl (C=O) groups excluding carboxylic acids is 4. The maximum atomic E-state index is 14.5. The van der Waals surface area contributed by atoms with E-state index in [4.69, 9.17) is 18.4 Å². The number of nitrogens with zero attached hydrogens (tertiary/aromatic N) is 2. The van der Waals surface area contributed by atoms with Crippen LogP contribution in [0.4, 0.5) is 4.79 Å². The molecule has 0 bridgehead atoms. The first-order chi connectivity index (χ1) is 25.1. The van der Waals surface area contributed by atoms with Gasteiger partial charge >= 0.3 is 16.4 Å². The van der Waals surface area contributed by atoms with Gasteiger partial charge in [-0.25, -0.2) is 18.7 Å². The molecule has 4 amide bonds. The molecule has 1 aliphatic heterocycles. The Morgan fingerprint density at radius 2 is 1.83 bits per heavy atom. The minimum atomic E-state index is -4.51. The molecule has 3 aliphatic rings. The zero-order valence-corrected chi connectivity index (χ0v) is 33.1. The molecule has 302 valence electrons. The molecule has 2 aliphatic carbocycles. The van der Waals surface area contributed by atoms with E-state index >= 15 is 0 Å². The SMILES string of the molecule is C=C[C@@H]1C[C@]1(NC(=O)[C@@H]1C[C@@H](Oc2nccc3cc(OC)ccc23)CN1C(=O)[C@@H](NC(=O)OC(C)(C)C)C(C)(C)C)C(=O)NS(=O)(=O)OC1(CCC)CC1.[HH].[HH].[HH]. The number of amides is 4. The van der Waals surface area contributed by atoms with E-state index in [0.717, 1.165) is 5.39 Å². The first-order valence-electron chi connectivity index (χ1n) is 18.3. The predicted molar refractivity (Wildman–Crippen MR) is 206 cm³/mol. The average molecular weight is 778 g/mol. The van der Waals surface area contributed by atoms with Gasteiger partial charge < -0.3 is 29.7 Å². The van der Waals surface area contributed by atoms with Crippen molar-refractivity contribution in [1.29, 1.82) is 0 Å². The van der Waals surface area contributed by atoms with E-state index < -0.39 is 80.4 Å². The quantitative estimate of drug-likeness (QED) is 0.218. The molecule has 0 radical (unpaired) electrons. The van der Waals surface area contributed by atoms with Crippen LogP contribution in [0.1, 0.15) is 91.3 Å². The van der Waals surface area contributed by atoms with E-state index in [9.17, 15) is 27.6 Å². The molecule has 1 saturated heterocycles. The van der Waals surface area contributed by atoms with Crippen LogP contribution in [0.25, 0.3) is 10.8 Å². The third-order valence-electron chi connectivity index (χ3n) is 9.90. The summed E-state index contributed by atoms with van der Waals surface area (Å²) in [5.41, 5.74) is -4.16. The standard InChI is InChI=1S/C38H53N5O10S.3H2/c1-10-15-37(16-17-37)53-54(48,49)42-33(46)38(21-24(38)11-2)41-30(44)28-20-26(51-31-27-13-12-25(50-9)19-23(27)14-18-39-31)22-43(28)32(45)29(35(3,4)5)40-34(47)52-36(6,7)8;;;/h11-14,18-19,24,26,28-29H,2,10,15-17,20-22H2,1,3-9H3,(H,40,47)(H,41,44)(H,42,46);3*1H/t24-,26-,28+,29-,38-;;;/m1.../s1. The second-order valence-electron chi connectivity index (χ2n) is 16.5. The van der Waals surface area contributed by atoms with E-state index in [1.807, 2.05) is 17.7 Å². The highest BCUT2D eigenvalue weighted by molar-refractivity contribution is 7.85. The number of likely N-dealkylation sites (tertiary alicyclic amines) is 1. The molecule has 16 heteroatoms. The molecule has 3 fully saturated rings. The summed E-state index contributed by atoms with van der Waals surface area (Å²) in [7, 11) is -2.94.